The molecule has 0 aromatic heterocycles. The minimum Gasteiger partial charge on any atom is -0.468 e. The van der Waals surface area contributed by atoms with E-state index < -0.39 is 5.54 Å². The number of hydrogen-bond donors (Lipinski definition) is 1. The van der Waals surface area contributed by atoms with Gasteiger partial charge < -0.3 is 10.1 Å². The normalized spacial score (nSPS) is 29.9. The monoisotopic (exact) mass is 256 g/mol. The van der Waals surface area contributed by atoms with Gasteiger partial charge in [0.2, 0.25) is 0 Å². The third-order valence-electron chi connectivity index (χ3n) is 4.29. The predicted octanol–water partition coefficient (Wildman–Crippen LogP) is 1.65. The van der Waals surface area contributed by atoms with Gasteiger partial charge in [0, 0.05) is 18.6 Å². The zero-order valence-corrected chi connectivity index (χ0v) is 12.6. The molecule has 1 N–H and O–H groups in total. The van der Waals surface area contributed by atoms with Crippen molar-refractivity contribution in [3.63, 3.8) is 0 Å². The second-order valence-corrected chi connectivity index (χ2v) is 6.01. The van der Waals surface area contributed by atoms with Crippen molar-refractivity contribution in [1.82, 2.24) is 10.2 Å². The first kappa shape index (κ1) is 15.4. The van der Waals surface area contributed by atoms with E-state index in [1.165, 1.54) is 13.5 Å². The van der Waals surface area contributed by atoms with Crippen molar-refractivity contribution in [2.75, 3.05) is 20.7 Å². The molecule has 1 aliphatic rings. The molecule has 1 saturated heterocycles. The number of hydrogen-bond acceptors (Lipinski definition) is 4. The molecular formula is C14H28N2O2. The van der Waals surface area contributed by atoms with Crippen molar-refractivity contribution in [3.05, 3.63) is 0 Å². The zero-order valence-electron chi connectivity index (χ0n) is 12.6. The van der Waals surface area contributed by atoms with Crippen LogP contribution in [0.2, 0.25) is 0 Å². The summed E-state index contributed by atoms with van der Waals surface area (Å²) in [6, 6.07) is 0.982. The van der Waals surface area contributed by atoms with Crippen LogP contribution >= 0.6 is 0 Å². The highest BCUT2D eigenvalue weighted by Gasteiger charge is 2.38. The molecule has 4 nitrogen and oxygen atoms in total. The van der Waals surface area contributed by atoms with Crippen LogP contribution in [0.1, 0.15) is 40.5 Å². The Morgan fingerprint density at radius 1 is 1.56 bits per heavy atom. The van der Waals surface area contributed by atoms with Crippen molar-refractivity contribution in [3.8, 4) is 0 Å². The number of nitrogens with zero attached hydrogens (tertiary/aromatic N) is 1. The van der Waals surface area contributed by atoms with Crippen molar-refractivity contribution >= 4 is 5.97 Å². The average Bonchev–Trinajstić information content (AvgIpc) is 2.67. The summed E-state index contributed by atoms with van der Waals surface area (Å²) in [6.45, 7) is 9.81. The summed E-state index contributed by atoms with van der Waals surface area (Å²) < 4.78 is 4.90. The molecule has 0 aromatic rings. The molecule has 0 saturated carbocycles. The van der Waals surface area contributed by atoms with Gasteiger partial charge in [-0.3, -0.25) is 9.69 Å². The van der Waals surface area contributed by atoms with Crippen LogP contribution < -0.4 is 5.32 Å². The lowest BCUT2D eigenvalue weighted by atomic mass is 9.93. The minimum absolute atomic E-state index is 0.184. The molecule has 18 heavy (non-hydrogen) atoms. The number of nitrogens with one attached hydrogen (secondary N) is 1. The molecule has 0 aliphatic carbocycles. The Hall–Kier alpha value is -0.610. The van der Waals surface area contributed by atoms with Gasteiger partial charge in [0.15, 0.2) is 0 Å². The molecule has 0 amide bonds. The zero-order chi connectivity index (χ0) is 13.9. The van der Waals surface area contributed by atoms with Gasteiger partial charge in [0.25, 0.3) is 0 Å². The fourth-order valence-electron chi connectivity index (χ4n) is 3.17. The highest BCUT2D eigenvalue weighted by molar-refractivity contribution is 5.80. The summed E-state index contributed by atoms with van der Waals surface area (Å²) in [5.41, 5.74) is -0.598. The Morgan fingerprint density at radius 3 is 2.56 bits per heavy atom. The summed E-state index contributed by atoms with van der Waals surface area (Å²) in [5.74, 6) is 0.568. The average molecular weight is 256 g/mol. The maximum Gasteiger partial charge on any atom is 0.325 e. The number of methoxy groups -OCH3 is 1. The molecule has 106 valence electrons. The van der Waals surface area contributed by atoms with E-state index in [0.717, 1.165) is 18.9 Å². The van der Waals surface area contributed by atoms with Crippen molar-refractivity contribution in [2.24, 2.45) is 5.92 Å². The highest BCUT2D eigenvalue weighted by atomic mass is 16.5. The molecule has 0 radical (unpaired) electrons. The second-order valence-electron chi connectivity index (χ2n) is 6.01. The molecule has 0 aromatic carbocycles. The smallest absolute Gasteiger partial charge is 0.325 e. The first-order valence-corrected chi connectivity index (χ1v) is 6.87. The Balaban J connectivity index is 2.67. The van der Waals surface area contributed by atoms with E-state index in [1.54, 1.807) is 0 Å². The lowest BCUT2D eigenvalue weighted by Crippen LogP contribution is -2.53. The topological polar surface area (TPSA) is 41.6 Å². The van der Waals surface area contributed by atoms with Gasteiger partial charge in [-0.05, 0) is 46.6 Å². The first-order valence-electron chi connectivity index (χ1n) is 6.87. The number of likely N-dealkylation sites (N-methyl/N-ethyl adjacent to an activating group) is 1. The van der Waals surface area contributed by atoms with Crippen molar-refractivity contribution < 1.29 is 9.53 Å². The Labute approximate surface area is 111 Å². The number of rotatable bonds is 5. The van der Waals surface area contributed by atoms with Crippen LogP contribution in [0.15, 0.2) is 0 Å². The molecule has 4 heteroatoms. The van der Waals surface area contributed by atoms with Gasteiger partial charge in [-0.1, -0.05) is 6.92 Å². The molecule has 1 heterocycles. The summed E-state index contributed by atoms with van der Waals surface area (Å²) in [5, 5.41) is 3.11. The summed E-state index contributed by atoms with van der Waals surface area (Å²) >= 11 is 0. The minimum atomic E-state index is -0.598. The first-order chi connectivity index (χ1) is 8.34. The number of ether oxygens (including phenoxy) is 1. The predicted molar refractivity (Wildman–Crippen MR) is 73.5 cm³/mol. The molecular weight excluding hydrogens is 228 g/mol. The van der Waals surface area contributed by atoms with Crippen LogP contribution in [0.5, 0.6) is 0 Å². The van der Waals surface area contributed by atoms with Gasteiger partial charge in [-0.2, -0.15) is 0 Å². The van der Waals surface area contributed by atoms with Crippen LogP contribution in [0.25, 0.3) is 0 Å². The van der Waals surface area contributed by atoms with E-state index in [1.807, 2.05) is 14.0 Å². The van der Waals surface area contributed by atoms with Gasteiger partial charge in [-0.15, -0.1) is 0 Å². The number of likely N-dealkylation sites (tertiary alicyclic amines) is 1. The quantitative estimate of drug-likeness (QED) is 0.759. The molecule has 4 unspecified atom stereocenters. The summed E-state index contributed by atoms with van der Waals surface area (Å²) in [4.78, 5) is 14.4. The van der Waals surface area contributed by atoms with E-state index in [4.69, 9.17) is 4.74 Å². The number of esters is 1. The summed E-state index contributed by atoms with van der Waals surface area (Å²) in [6.07, 6.45) is 2.02. The van der Waals surface area contributed by atoms with Crippen LogP contribution in [0.4, 0.5) is 0 Å². The molecule has 0 spiro atoms. The Bertz CT molecular complexity index is 296. The molecule has 1 rings (SSSR count). The van der Waals surface area contributed by atoms with E-state index in [2.05, 4.69) is 31.0 Å². The Kier molecular flexibility index (Phi) is 5.17. The van der Waals surface area contributed by atoms with Crippen LogP contribution in [-0.4, -0.2) is 49.2 Å². The number of carbonyl (C=O) groups is 1. The number of carbonyl (C=O) groups excluding carboxylic acids is 1. The van der Waals surface area contributed by atoms with Gasteiger partial charge in [0.1, 0.15) is 5.54 Å². The lowest BCUT2D eigenvalue weighted by Gasteiger charge is -2.35. The van der Waals surface area contributed by atoms with Gasteiger partial charge >= 0.3 is 5.97 Å². The van der Waals surface area contributed by atoms with Gasteiger partial charge in [-0.25, -0.2) is 0 Å². The Morgan fingerprint density at radius 2 is 2.17 bits per heavy atom. The lowest BCUT2D eigenvalue weighted by molar-refractivity contribution is -0.148. The van der Waals surface area contributed by atoms with Crippen molar-refractivity contribution in [1.29, 1.82) is 0 Å². The van der Waals surface area contributed by atoms with Crippen LogP contribution in [-0.2, 0) is 9.53 Å². The van der Waals surface area contributed by atoms with E-state index in [9.17, 15) is 4.79 Å². The standard InChI is InChI=1S/C14H28N2O2/c1-10-7-11(2)16(9-10)12(3)8-14(4,15-5)13(17)18-6/h10-12,15H,7-9H2,1-6H3. The maximum absolute atomic E-state index is 11.9. The molecule has 1 aliphatic heterocycles. The fourth-order valence-corrected chi connectivity index (χ4v) is 3.17. The van der Waals surface area contributed by atoms with Crippen molar-refractivity contribution in [2.45, 2.75) is 58.2 Å². The fraction of sp³-hybridized carbons (Fsp3) is 0.929. The van der Waals surface area contributed by atoms with Gasteiger partial charge in [0.05, 0.1) is 7.11 Å². The second kappa shape index (κ2) is 6.02. The largest absolute Gasteiger partial charge is 0.468 e. The third-order valence-corrected chi connectivity index (χ3v) is 4.29. The van der Waals surface area contributed by atoms with E-state index in [-0.39, 0.29) is 5.97 Å². The van der Waals surface area contributed by atoms with E-state index >= 15 is 0 Å². The van der Waals surface area contributed by atoms with Crippen LogP contribution in [0, 0.1) is 5.92 Å². The maximum atomic E-state index is 11.9. The molecule has 4 atom stereocenters. The molecule has 0 bridgehead atoms. The summed E-state index contributed by atoms with van der Waals surface area (Å²) in [7, 11) is 3.27. The van der Waals surface area contributed by atoms with E-state index in [0.29, 0.717) is 12.1 Å². The van der Waals surface area contributed by atoms with Crippen LogP contribution in [0.3, 0.4) is 0 Å². The molecule has 1 fully saturated rings. The SMILES string of the molecule is CNC(C)(CC(C)N1CC(C)CC1C)C(=O)OC. The highest BCUT2D eigenvalue weighted by Crippen LogP contribution is 2.28. The third kappa shape index (κ3) is 3.23.